The number of ether oxygens (including phenoxy) is 1. The Labute approximate surface area is 113 Å². The summed E-state index contributed by atoms with van der Waals surface area (Å²) in [4.78, 5) is 4.22. The maximum absolute atomic E-state index is 5.67. The van der Waals surface area contributed by atoms with Crippen molar-refractivity contribution < 1.29 is 9.15 Å². The summed E-state index contributed by atoms with van der Waals surface area (Å²) >= 11 is 0. The molecule has 0 saturated heterocycles. The molecule has 0 amide bonds. The van der Waals surface area contributed by atoms with Crippen molar-refractivity contribution in [3.8, 4) is 5.75 Å². The predicted octanol–water partition coefficient (Wildman–Crippen LogP) is 3.01. The zero-order valence-electron chi connectivity index (χ0n) is 11.6. The minimum atomic E-state index is -0.0370. The van der Waals surface area contributed by atoms with Crippen molar-refractivity contribution >= 4 is 0 Å². The van der Waals surface area contributed by atoms with Gasteiger partial charge in [0.2, 0.25) is 5.89 Å². The van der Waals surface area contributed by atoms with E-state index in [9.17, 15) is 0 Å². The zero-order chi connectivity index (χ0) is 13.9. The first-order valence-electron chi connectivity index (χ1n) is 6.36. The highest BCUT2D eigenvalue weighted by atomic mass is 16.5. The fourth-order valence-corrected chi connectivity index (χ4v) is 1.63. The van der Waals surface area contributed by atoms with Crippen LogP contribution in [-0.2, 0) is 18.6 Å². The summed E-state index contributed by atoms with van der Waals surface area (Å²) in [5, 5.41) is 0. The molecule has 0 saturated carbocycles. The molecule has 0 radical (unpaired) electrons. The lowest BCUT2D eigenvalue weighted by Crippen LogP contribution is -2.09. The van der Waals surface area contributed by atoms with Crippen molar-refractivity contribution in [1.82, 2.24) is 4.98 Å². The highest BCUT2D eigenvalue weighted by Crippen LogP contribution is 2.23. The van der Waals surface area contributed by atoms with Crippen molar-refractivity contribution in [2.45, 2.75) is 39.3 Å². The number of hydrogen-bond donors (Lipinski definition) is 1. The van der Waals surface area contributed by atoms with Gasteiger partial charge in [-0.05, 0) is 17.7 Å². The average molecular weight is 260 g/mol. The molecule has 0 unspecified atom stereocenters. The third kappa shape index (κ3) is 3.58. The summed E-state index contributed by atoms with van der Waals surface area (Å²) < 4.78 is 11.3. The lowest BCUT2D eigenvalue weighted by molar-refractivity contribution is 0.252. The molecule has 1 heterocycles. The van der Waals surface area contributed by atoms with Crippen molar-refractivity contribution in [3.63, 3.8) is 0 Å². The minimum Gasteiger partial charge on any atom is -0.484 e. The second-order valence-corrected chi connectivity index (χ2v) is 5.51. The standard InChI is InChI=1S/C15H20N2O2/c1-15(2,3)13-9-17-14(19-13)10-18-12-6-4-5-11(7-12)8-16/h4-7,9H,8,10,16H2,1-3H3. The van der Waals surface area contributed by atoms with Gasteiger partial charge in [0.05, 0.1) is 6.20 Å². The molecule has 2 N–H and O–H groups in total. The molecular weight excluding hydrogens is 240 g/mol. The Morgan fingerprint density at radius 3 is 2.74 bits per heavy atom. The lowest BCUT2D eigenvalue weighted by atomic mass is 9.94. The molecule has 2 rings (SSSR count). The number of oxazole rings is 1. The number of aromatic nitrogens is 1. The van der Waals surface area contributed by atoms with E-state index in [4.69, 9.17) is 14.9 Å². The molecule has 0 aliphatic heterocycles. The second kappa shape index (κ2) is 5.45. The van der Waals surface area contributed by atoms with Crippen LogP contribution < -0.4 is 10.5 Å². The normalized spacial score (nSPS) is 11.6. The van der Waals surface area contributed by atoms with Gasteiger partial charge in [-0.2, -0.15) is 0 Å². The predicted molar refractivity (Wildman–Crippen MR) is 73.9 cm³/mol. The van der Waals surface area contributed by atoms with Crippen LogP contribution in [-0.4, -0.2) is 4.98 Å². The molecule has 0 spiro atoms. The van der Waals surface area contributed by atoms with Gasteiger partial charge in [-0.1, -0.05) is 32.9 Å². The van der Waals surface area contributed by atoms with Crippen LogP contribution in [0.4, 0.5) is 0 Å². The molecular formula is C15H20N2O2. The summed E-state index contributed by atoms with van der Waals surface area (Å²) in [6.07, 6.45) is 1.76. The minimum absolute atomic E-state index is 0.0370. The Morgan fingerprint density at radius 2 is 2.11 bits per heavy atom. The topological polar surface area (TPSA) is 61.3 Å². The van der Waals surface area contributed by atoms with Gasteiger partial charge in [0.1, 0.15) is 11.5 Å². The Hall–Kier alpha value is -1.81. The van der Waals surface area contributed by atoms with Crippen LogP contribution in [0.3, 0.4) is 0 Å². The van der Waals surface area contributed by atoms with Crippen LogP contribution in [0.25, 0.3) is 0 Å². The largest absolute Gasteiger partial charge is 0.484 e. The summed E-state index contributed by atoms with van der Waals surface area (Å²) in [5.41, 5.74) is 6.60. The van der Waals surface area contributed by atoms with Crippen LogP contribution in [0.1, 0.15) is 38.0 Å². The first-order valence-corrected chi connectivity index (χ1v) is 6.36. The third-order valence-corrected chi connectivity index (χ3v) is 2.79. The number of hydrogen-bond acceptors (Lipinski definition) is 4. The maximum atomic E-state index is 5.67. The lowest BCUT2D eigenvalue weighted by Gasteiger charge is -2.13. The highest BCUT2D eigenvalue weighted by Gasteiger charge is 2.19. The first-order chi connectivity index (χ1) is 8.99. The molecule has 1 aromatic carbocycles. The van der Waals surface area contributed by atoms with Crippen molar-refractivity contribution in [1.29, 1.82) is 0 Å². The average Bonchev–Trinajstić information content (AvgIpc) is 2.85. The quantitative estimate of drug-likeness (QED) is 0.918. The number of benzene rings is 1. The van der Waals surface area contributed by atoms with E-state index in [-0.39, 0.29) is 5.41 Å². The monoisotopic (exact) mass is 260 g/mol. The van der Waals surface area contributed by atoms with Gasteiger partial charge in [-0.15, -0.1) is 0 Å². The molecule has 4 nitrogen and oxygen atoms in total. The van der Waals surface area contributed by atoms with Crippen LogP contribution in [0.5, 0.6) is 5.75 Å². The summed E-state index contributed by atoms with van der Waals surface area (Å²) in [7, 11) is 0. The molecule has 0 aliphatic rings. The Morgan fingerprint density at radius 1 is 1.32 bits per heavy atom. The summed E-state index contributed by atoms with van der Waals surface area (Å²) in [5.74, 6) is 2.23. The smallest absolute Gasteiger partial charge is 0.232 e. The van der Waals surface area contributed by atoms with Crippen molar-refractivity contribution in [2.24, 2.45) is 5.73 Å². The molecule has 0 atom stereocenters. The van der Waals surface area contributed by atoms with E-state index in [1.165, 1.54) is 0 Å². The second-order valence-electron chi connectivity index (χ2n) is 5.51. The SMILES string of the molecule is CC(C)(C)c1cnc(COc2cccc(CN)c2)o1. The van der Waals surface area contributed by atoms with Crippen molar-refractivity contribution in [2.75, 3.05) is 0 Å². The molecule has 2 aromatic rings. The Kier molecular flexibility index (Phi) is 3.90. The van der Waals surface area contributed by atoms with Crippen LogP contribution >= 0.6 is 0 Å². The molecule has 0 bridgehead atoms. The molecule has 4 heteroatoms. The highest BCUT2D eigenvalue weighted by molar-refractivity contribution is 5.28. The fraction of sp³-hybridized carbons (Fsp3) is 0.400. The van der Waals surface area contributed by atoms with E-state index >= 15 is 0 Å². The van der Waals surface area contributed by atoms with E-state index < -0.39 is 0 Å². The van der Waals surface area contributed by atoms with Gasteiger partial charge >= 0.3 is 0 Å². The van der Waals surface area contributed by atoms with Gasteiger partial charge in [0.25, 0.3) is 0 Å². The van der Waals surface area contributed by atoms with Gasteiger partial charge < -0.3 is 14.9 Å². The Balaban J connectivity index is 2.00. The fourth-order valence-electron chi connectivity index (χ4n) is 1.63. The molecule has 102 valence electrons. The van der Waals surface area contributed by atoms with Crippen LogP contribution in [0.2, 0.25) is 0 Å². The molecule has 0 fully saturated rings. The van der Waals surface area contributed by atoms with E-state index in [1.54, 1.807) is 6.20 Å². The van der Waals surface area contributed by atoms with Gasteiger partial charge in [0.15, 0.2) is 6.61 Å². The molecule has 19 heavy (non-hydrogen) atoms. The van der Waals surface area contributed by atoms with Crippen LogP contribution in [0.15, 0.2) is 34.9 Å². The van der Waals surface area contributed by atoms with E-state index in [1.807, 2.05) is 24.3 Å². The summed E-state index contributed by atoms with van der Waals surface area (Å²) in [6.45, 7) is 7.09. The number of nitrogens with two attached hydrogens (primary N) is 1. The van der Waals surface area contributed by atoms with Crippen LogP contribution in [0, 0.1) is 0 Å². The Bertz CT molecular complexity index is 541. The molecule has 1 aromatic heterocycles. The summed E-state index contributed by atoms with van der Waals surface area (Å²) in [6, 6.07) is 7.71. The maximum Gasteiger partial charge on any atom is 0.232 e. The van der Waals surface area contributed by atoms with E-state index in [0.29, 0.717) is 19.0 Å². The van der Waals surface area contributed by atoms with Gasteiger partial charge in [-0.25, -0.2) is 4.98 Å². The van der Waals surface area contributed by atoms with Gasteiger partial charge in [-0.3, -0.25) is 0 Å². The first kappa shape index (κ1) is 13.6. The number of nitrogens with zero attached hydrogens (tertiary/aromatic N) is 1. The van der Waals surface area contributed by atoms with Gasteiger partial charge in [0, 0.05) is 12.0 Å². The number of rotatable bonds is 4. The molecule has 0 aliphatic carbocycles. The zero-order valence-corrected chi connectivity index (χ0v) is 11.6. The van der Waals surface area contributed by atoms with E-state index in [0.717, 1.165) is 17.1 Å². The third-order valence-electron chi connectivity index (χ3n) is 2.79. The van der Waals surface area contributed by atoms with Crippen molar-refractivity contribution in [3.05, 3.63) is 47.7 Å². The van der Waals surface area contributed by atoms with E-state index in [2.05, 4.69) is 25.8 Å².